The van der Waals surface area contributed by atoms with Crippen LogP contribution in [-0.4, -0.2) is 12.2 Å². The average Bonchev–Trinajstić information content (AvgIpc) is 2.76. The zero-order valence-electron chi connectivity index (χ0n) is 15.8. The second-order valence-corrected chi connectivity index (χ2v) is 7.53. The number of benzene rings is 3. The molecule has 0 saturated heterocycles. The van der Waals surface area contributed by atoms with E-state index in [1.54, 1.807) is 0 Å². The maximum Gasteiger partial charge on any atom is 0.180 e. The predicted octanol–water partition coefficient (Wildman–Crippen LogP) is 5.09. The molecule has 0 aliphatic carbocycles. The van der Waals surface area contributed by atoms with Crippen molar-refractivity contribution in [3.8, 4) is 6.07 Å². The van der Waals surface area contributed by atoms with E-state index in [1.165, 1.54) is 5.56 Å². The van der Waals surface area contributed by atoms with Crippen LogP contribution in [0.15, 0.2) is 78.9 Å². The number of likely N-dealkylation sites (N-methyl/N-ethyl adjacent to an activating group) is 1. The fourth-order valence-electron chi connectivity index (χ4n) is 4.29. The average molecular weight is 395 g/mol. The maximum absolute atomic E-state index is 9.19. The molecule has 2 aliphatic rings. The van der Waals surface area contributed by atoms with Gasteiger partial charge in [0, 0.05) is 29.7 Å². The number of nitriles is 1. The Morgan fingerprint density at radius 2 is 1.69 bits per heavy atom. The van der Waals surface area contributed by atoms with Crippen molar-refractivity contribution in [1.29, 1.82) is 5.26 Å². The molecule has 2 heterocycles. The number of fused-ring (bicyclic) bond motifs is 3. The van der Waals surface area contributed by atoms with Crippen LogP contribution < -0.4 is 15.1 Å². The summed E-state index contributed by atoms with van der Waals surface area (Å²) in [4.78, 5) is 4.39. The third-order valence-electron chi connectivity index (χ3n) is 5.67. The van der Waals surface area contributed by atoms with Gasteiger partial charge in [0.15, 0.2) is 10.8 Å². The van der Waals surface area contributed by atoms with E-state index >= 15 is 0 Å². The highest BCUT2D eigenvalue weighted by Gasteiger charge is 2.48. The molecule has 1 spiro atoms. The van der Waals surface area contributed by atoms with Gasteiger partial charge in [-0.25, -0.2) is 0 Å². The first-order valence-corrected chi connectivity index (χ1v) is 9.79. The van der Waals surface area contributed by atoms with E-state index in [0.717, 1.165) is 22.6 Å². The Morgan fingerprint density at radius 3 is 2.48 bits per heavy atom. The summed E-state index contributed by atoms with van der Waals surface area (Å²) in [7, 11) is 2.10. The Hall–Kier alpha value is -3.62. The normalized spacial score (nSPS) is 19.4. The van der Waals surface area contributed by atoms with Gasteiger partial charge in [-0.2, -0.15) is 5.26 Å². The lowest BCUT2D eigenvalue weighted by Gasteiger charge is -2.54. The van der Waals surface area contributed by atoms with E-state index in [4.69, 9.17) is 12.2 Å². The van der Waals surface area contributed by atoms with Crippen LogP contribution in [0.5, 0.6) is 0 Å². The lowest BCUT2D eigenvalue weighted by molar-refractivity contribution is 0.537. The van der Waals surface area contributed by atoms with Crippen LogP contribution >= 0.6 is 12.2 Å². The van der Waals surface area contributed by atoms with Gasteiger partial charge in [0.25, 0.3) is 0 Å². The monoisotopic (exact) mass is 394 g/mol. The molecule has 0 bridgehead atoms. The molecule has 0 saturated carbocycles. The SMILES string of the molecule is CN1c2ccccc2C=CC12c1ccccc1NC(=S)N2c1ccc(C#N)cc1. The molecule has 140 valence electrons. The van der Waals surface area contributed by atoms with Gasteiger partial charge in [-0.05, 0) is 60.3 Å². The topological polar surface area (TPSA) is 42.3 Å². The highest BCUT2D eigenvalue weighted by Crippen LogP contribution is 2.48. The van der Waals surface area contributed by atoms with Crippen LogP contribution in [0.25, 0.3) is 6.08 Å². The lowest BCUT2D eigenvalue weighted by Crippen LogP contribution is -2.63. The van der Waals surface area contributed by atoms with Crippen molar-refractivity contribution in [2.45, 2.75) is 5.66 Å². The summed E-state index contributed by atoms with van der Waals surface area (Å²) < 4.78 is 0. The van der Waals surface area contributed by atoms with Gasteiger partial charge in [0.2, 0.25) is 0 Å². The molecule has 0 aromatic heterocycles. The van der Waals surface area contributed by atoms with Crippen LogP contribution in [0.2, 0.25) is 0 Å². The summed E-state index contributed by atoms with van der Waals surface area (Å²) >= 11 is 5.84. The van der Waals surface area contributed by atoms with Crippen molar-refractivity contribution in [3.05, 3.63) is 95.6 Å². The maximum atomic E-state index is 9.19. The van der Waals surface area contributed by atoms with Crippen molar-refractivity contribution >= 4 is 40.5 Å². The summed E-state index contributed by atoms with van der Waals surface area (Å²) in [5.74, 6) is 0. The fourth-order valence-corrected chi connectivity index (χ4v) is 4.64. The zero-order chi connectivity index (χ0) is 20.0. The molecule has 0 fully saturated rings. The number of nitrogens with one attached hydrogen (secondary N) is 1. The standard InChI is InChI=1S/C24H18N4S/c1-27-22-9-5-2-6-18(22)14-15-24(27)20-7-3-4-8-21(20)26-23(29)28(24)19-12-10-17(16-25)11-13-19/h2-15H,1H3,(H,26,29). The zero-order valence-corrected chi connectivity index (χ0v) is 16.6. The lowest BCUT2D eigenvalue weighted by atomic mass is 9.87. The van der Waals surface area contributed by atoms with Gasteiger partial charge in [-0.1, -0.05) is 42.5 Å². The predicted molar refractivity (Wildman–Crippen MR) is 122 cm³/mol. The van der Waals surface area contributed by atoms with E-state index in [2.05, 4.69) is 76.8 Å². The Kier molecular flexibility index (Phi) is 3.90. The molecule has 1 N–H and O–H groups in total. The number of anilines is 3. The quantitative estimate of drug-likeness (QED) is 0.582. The summed E-state index contributed by atoms with van der Waals surface area (Å²) in [6.45, 7) is 0. The Balaban J connectivity index is 1.78. The van der Waals surface area contributed by atoms with E-state index in [1.807, 2.05) is 36.4 Å². The minimum atomic E-state index is -0.624. The molecule has 1 atom stereocenters. The molecule has 3 aromatic rings. The fraction of sp³-hybridized carbons (Fsp3) is 0.0833. The second kappa shape index (κ2) is 6.47. The molecule has 1 unspecified atom stereocenters. The number of nitrogens with zero attached hydrogens (tertiary/aromatic N) is 3. The van der Waals surface area contributed by atoms with E-state index < -0.39 is 5.66 Å². The molecule has 29 heavy (non-hydrogen) atoms. The number of hydrogen-bond acceptors (Lipinski definition) is 3. The van der Waals surface area contributed by atoms with Crippen molar-refractivity contribution in [2.24, 2.45) is 0 Å². The highest BCUT2D eigenvalue weighted by molar-refractivity contribution is 7.80. The molecular formula is C24H18N4S. The van der Waals surface area contributed by atoms with Gasteiger partial charge < -0.3 is 10.2 Å². The smallest absolute Gasteiger partial charge is 0.180 e. The summed E-state index contributed by atoms with van der Waals surface area (Å²) in [6, 6.07) is 26.3. The van der Waals surface area contributed by atoms with Crippen LogP contribution in [0, 0.1) is 11.3 Å². The van der Waals surface area contributed by atoms with Crippen LogP contribution in [-0.2, 0) is 5.66 Å². The van der Waals surface area contributed by atoms with Crippen molar-refractivity contribution in [2.75, 3.05) is 22.2 Å². The number of thiocarbonyl (C=S) groups is 1. The van der Waals surface area contributed by atoms with Crippen LogP contribution in [0.1, 0.15) is 16.7 Å². The molecule has 0 radical (unpaired) electrons. The van der Waals surface area contributed by atoms with Gasteiger partial charge in [-0.3, -0.25) is 4.90 Å². The third-order valence-corrected chi connectivity index (χ3v) is 5.95. The molecular weight excluding hydrogens is 376 g/mol. The first-order valence-electron chi connectivity index (χ1n) is 9.38. The van der Waals surface area contributed by atoms with Crippen LogP contribution in [0.4, 0.5) is 17.1 Å². The minimum absolute atomic E-state index is 0.615. The number of para-hydroxylation sites is 2. The van der Waals surface area contributed by atoms with Gasteiger partial charge >= 0.3 is 0 Å². The molecule has 5 heteroatoms. The first kappa shape index (κ1) is 17.5. The summed E-state index contributed by atoms with van der Waals surface area (Å²) in [6.07, 6.45) is 4.37. The summed E-state index contributed by atoms with van der Waals surface area (Å²) in [5.41, 5.74) is 5.34. The molecule has 3 aromatic carbocycles. The molecule has 2 aliphatic heterocycles. The van der Waals surface area contributed by atoms with E-state index in [-0.39, 0.29) is 0 Å². The third kappa shape index (κ3) is 2.47. The molecule has 4 nitrogen and oxygen atoms in total. The van der Waals surface area contributed by atoms with E-state index in [0.29, 0.717) is 10.7 Å². The van der Waals surface area contributed by atoms with Crippen molar-refractivity contribution in [1.82, 2.24) is 0 Å². The highest BCUT2D eigenvalue weighted by atomic mass is 32.1. The van der Waals surface area contributed by atoms with Gasteiger partial charge in [0.05, 0.1) is 11.6 Å². The number of hydrogen-bond donors (Lipinski definition) is 1. The van der Waals surface area contributed by atoms with Gasteiger partial charge in [-0.15, -0.1) is 0 Å². The minimum Gasteiger partial charge on any atom is -0.344 e. The van der Waals surface area contributed by atoms with Crippen molar-refractivity contribution < 1.29 is 0 Å². The van der Waals surface area contributed by atoms with E-state index in [9.17, 15) is 5.26 Å². The van der Waals surface area contributed by atoms with Crippen molar-refractivity contribution in [3.63, 3.8) is 0 Å². The second-order valence-electron chi connectivity index (χ2n) is 7.15. The molecule has 0 amide bonds. The first-order chi connectivity index (χ1) is 14.1. The summed E-state index contributed by atoms with van der Waals surface area (Å²) in [5, 5.41) is 13.2. The Bertz CT molecular complexity index is 1190. The Labute approximate surface area is 175 Å². The number of rotatable bonds is 1. The Morgan fingerprint density at radius 1 is 0.966 bits per heavy atom. The largest absolute Gasteiger partial charge is 0.344 e. The van der Waals surface area contributed by atoms with Crippen LogP contribution in [0.3, 0.4) is 0 Å². The van der Waals surface area contributed by atoms with Gasteiger partial charge in [0.1, 0.15) is 0 Å². The molecule has 5 rings (SSSR count).